The first-order valence-corrected chi connectivity index (χ1v) is 5.29. The molecule has 0 saturated heterocycles. The molecule has 1 heterocycles. The van der Waals surface area contributed by atoms with E-state index in [1.165, 1.54) is 26.0 Å². The van der Waals surface area contributed by atoms with Crippen LogP contribution in [0, 0.1) is 10.1 Å². The molecule has 4 nitrogen and oxygen atoms in total. The summed E-state index contributed by atoms with van der Waals surface area (Å²) in [5.74, 6) is 0. The number of hydrogen-bond donors (Lipinski definition) is 0. The van der Waals surface area contributed by atoms with Crippen LogP contribution < -0.4 is 0 Å². The first-order valence-electron chi connectivity index (χ1n) is 5.29. The standard InChI is InChI=1S/C12H13FN2O2/c1-12(2,13)8-14-6-5-9-7-10(15(16)17)3-4-11(9)14/h3-7H,8H2,1-2H3. The third-order valence-electron chi connectivity index (χ3n) is 2.51. The van der Waals surface area contributed by atoms with Gasteiger partial charge in [-0.2, -0.15) is 0 Å². The van der Waals surface area contributed by atoms with Crippen LogP contribution in [0.2, 0.25) is 0 Å². The fourth-order valence-corrected chi connectivity index (χ4v) is 1.84. The molecule has 0 radical (unpaired) electrons. The highest BCUT2D eigenvalue weighted by molar-refractivity contribution is 5.82. The van der Waals surface area contributed by atoms with Gasteiger partial charge in [0.1, 0.15) is 5.67 Å². The molecule has 0 bridgehead atoms. The lowest BCUT2D eigenvalue weighted by Gasteiger charge is -2.15. The maximum Gasteiger partial charge on any atom is 0.270 e. The molecule has 0 atom stereocenters. The van der Waals surface area contributed by atoms with E-state index < -0.39 is 10.6 Å². The van der Waals surface area contributed by atoms with Crippen molar-refractivity contribution in [1.82, 2.24) is 4.57 Å². The Bertz CT molecular complexity index is 569. The third-order valence-corrected chi connectivity index (χ3v) is 2.51. The molecule has 90 valence electrons. The van der Waals surface area contributed by atoms with Crippen molar-refractivity contribution in [3.8, 4) is 0 Å². The summed E-state index contributed by atoms with van der Waals surface area (Å²) >= 11 is 0. The van der Waals surface area contributed by atoms with Crippen molar-refractivity contribution in [2.75, 3.05) is 0 Å². The molecule has 2 rings (SSSR count). The van der Waals surface area contributed by atoms with E-state index in [9.17, 15) is 14.5 Å². The average molecular weight is 236 g/mol. The Hall–Kier alpha value is -1.91. The van der Waals surface area contributed by atoms with Crippen molar-refractivity contribution in [2.24, 2.45) is 0 Å². The molecule has 0 unspecified atom stereocenters. The van der Waals surface area contributed by atoms with Crippen LogP contribution in [-0.4, -0.2) is 15.2 Å². The second-order valence-electron chi connectivity index (χ2n) is 4.66. The Morgan fingerprint density at radius 1 is 1.41 bits per heavy atom. The van der Waals surface area contributed by atoms with E-state index in [4.69, 9.17) is 0 Å². The zero-order valence-corrected chi connectivity index (χ0v) is 9.68. The third kappa shape index (κ3) is 2.43. The summed E-state index contributed by atoms with van der Waals surface area (Å²) in [4.78, 5) is 10.2. The van der Waals surface area contributed by atoms with E-state index in [-0.39, 0.29) is 12.2 Å². The van der Waals surface area contributed by atoms with E-state index in [1.54, 1.807) is 22.9 Å². The van der Waals surface area contributed by atoms with Crippen LogP contribution in [0.15, 0.2) is 30.5 Å². The summed E-state index contributed by atoms with van der Waals surface area (Å²) in [5.41, 5.74) is -0.454. The minimum absolute atomic E-state index is 0.0507. The van der Waals surface area contributed by atoms with Crippen molar-refractivity contribution in [2.45, 2.75) is 26.1 Å². The van der Waals surface area contributed by atoms with E-state index >= 15 is 0 Å². The smallest absolute Gasteiger partial charge is 0.270 e. The molecule has 0 aliphatic carbocycles. The topological polar surface area (TPSA) is 48.1 Å². The minimum Gasteiger partial charge on any atom is -0.344 e. The Kier molecular flexibility index (Phi) is 2.61. The number of alkyl halides is 1. The fourth-order valence-electron chi connectivity index (χ4n) is 1.84. The lowest BCUT2D eigenvalue weighted by atomic mass is 10.1. The Balaban J connectivity index is 2.45. The molecule has 0 aliphatic heterocycles. The van der Waals surface area contributed by atoms with E-state index in [0.29, 0.717) is 0 Å². The minimum atomic E-state index is -1.31. The SMILES string of the molecule is CC(C)(F)Cn1ccc2cc([N+](=O)[O-])ccc21. The molecule has 17 heavy (non-hydrogen) atoms. The number of aromatic nitrogens is 1. The van der Waals surface area contributed by atoms with Gasteiger partial charge in [0.05, 0.1) is 11.5 Å². The monoisotopic (exact) mass is 236 g/mol. The first-order chi connectivity index (χ1) is 7.87. The summed E-state index contributed by atoms with van der Waals surface area (Å²) in [6.07, 6.45) is 1.75. The Morgan fingerprint density at radius 3 is 2.71 bits per heavy atom. The summed E-state index contributed by atoms with van der Waals surface area (Å²) in [5, 5.41) is 11.4. The molecule has 0 N–H and O–H groups in total. The van der Waals surface area contributed by atoms with Crippen molar-refractivity contribution in [3.05, 3.63) is 40.6 Å². The van der Waals surface area contributed by atoms with Gasteiger partial charge in [0.15, 0.2) is 0 Å². The number of halogens is 1. The van der Waals surface area contributed by atoms with Gasteiger partial charge in [-0.15, -0.1) is 0 Å². The summed E-state index contributed by atoms with van der Waals surface area (Å²) < 4.78 is 15.3. The first kappa shape index (κ1) is 11.6. The molecule has 0 spiro atoms. The van der Waals surface area contributed by atoms with Crippen LogP contribution in [0.1, 0.15) is 13.8 Å². The summed E-state index contributed by atoms with van der Waals surface area (Å²) in [6.45, 7) is 3.24. The molecule has 0 fully saturated rings. The number of rotatable bonds is 3. The largest absolute Gasteiger partial charge is 0.344 e. The number of nitro groups is 1. The second kappa shape index (κ2) is 3.84. The normalized spacial score (nSPS) is 11.9. The number of benzene rings is 1. The molecule has 1 aromatic carbocycles. The number of nitrogens with zero attached hydrogens (tertiary/aromatic N) is 2. The molecule has 1 aromatic heterocycles. The van der Waals surface area contributed by atoms with Crippen LogP contribution in [-0.2, 0) is 6.54 Å². The van der Waals surface area contributed by atoms with Gasteiger partial charge in [0.25, 0.3) is 5.69 Å². The highest BCUT2D eigenvalue weighted by atomic mass is 19.1. The molecule has 0 saturated carbocycles. The number of fused-ring (bicyclic) bond motifs is 1. The lowest BCUT2D eigenvalue weighted by Crippen LogP contribution is -2.20. The van der Waals surface area contributed by atoms with Crippen LogP contribution in [0.4, 0.5) is 10.1 Å². The zero-order chi connectivity index (χ0) is 12.6. The lowest BCUT2D eigenvalue weighted by molar-refractivity contribution is -0.384. The maximum atomic E-state index is 13.6. The zero-order valence-electron chi connectivity index (χ0n) is 9.68. The molecule has 2 aromatic rings. The number of nitro benzene ring substituents is 1. The quantitative estimate of drug-likeness (QED) is 0.606. The highest BCUT2D eigenvalue weighted by Gasteiger charge is 2.17. The summed E-state index contributed by atoms with van der Waals surface area (Å²) in [7, 11) is 0. The van der Waals surface area contributed by atoms with Crippen molar-refractivity contribution in [1.29, 1.82) is 0 Å². The molecule has 0 aliphatic rings. The predicted molar refractivity (Wildman–Crippen MR) is 63.8 cm³/mol. The maximum absolute atomic E-state index is 13.6. The predicted octanol–water partition coefficient (Wildman–Crippen LogP) is 3.30. The number of non-ortho nitro benzene ring substituents is 1. The summed E-state index contributed by atoms with van der Waals surface area (Å²) in [6, 6.07) is 6.34. The van der Waals surface area contributed by atoms with E-state index in [1.807, 2.05) is 0 Å². The Labute approximate surface area is 97.8 Å². The van der Waals surface area contributed by atoms with Crippen LogP contribution in [0.5, 0.6) is 0 Å². The fraction of sp³-hybridized carbons (Fsp3) is 0.333. The van der Waals surface area contributed by atoms with Gasteiger partial charge in [0.2, 0.25) is 0 Å². The van der Waals surface area contributed by atoms with Crippen LogP contribution in [0.3, 0.4) is 0 Å². The van der Waals surface area contributed by atoms with Gasteiger partial charge in [0, 0.05) is 29.2 Å². The van der Waals surface area contributed by atoms with Crippen molar-refractivity contribution >= 4 is 16.6 Å². The average Bonchev–Trinajstić information content (AvgIpc) is 2.58. The van der Waals surface area contributed by atoms with Crippen molar-refractivity contribution in [3.63, 3.8) is 0 Å². The van der Waals surface area contributed by atoms with Gasteiger partial charge in [-0.3, -0.25) is 10.1 Å². The van der Waals surface area contributed by atoms with Crippen molar-refractivity contribution < 1.29 is 9.31 Å². The van der Waals surface area contributed by atoms with Gasteiger partial charge < -0.3 is 4.57 Å². The van der Waals surface area contributed by atoms with Gasteiger partial charge in [-0.25, -0.2) is 4.39 Å². The van der Waals surface area contributed by atoms with Gasteiger partial charge in [-0.1, -0.05) is 0 Å². The van der Waals surface area contributed by atoms with E-state index in [0.717, 1.165) is 10.9 Å². The molecule has 5 heteroatoms. The van der Waals surface area contributed by atoms with E-state index in [2.05, 4.69) is 0 Å². The molecular weight excluding hydrogens is 223 g/mol. The second-order valence-corrected chi connectivity index (χ2v) is 4.66. The Morgan fingerprint density at radius 2 is 2.12 bits per heavy atom. The number of hydrogen-bond acceptors (Lipinski definition) is 2. The molecular formula is C12H13FN2O2. The van der Waals surface area contributed by atoms with Gasteiger partial charge >= 0.3 is 0 Å². The van der Waals surface area contributed by atoms with Crippen LogP contribution in [0.25, 0.3) is 10.9 Å². The van der Waals surface area contributed by atoms with Crippen LogP contribution >= 0.6 is 0 Å². The molecule has 0 amide bonds. The van der Waals surface area contributed by atoms with Gasteiger partial charge in [-0.05, 0) is 26.0 Å². The highest BCUT2D eigenvalue weighted by Crippen LogP contribution is 2.24.